The minimum absolute atomic E-state index is 0.157. The van der Waals surface area contributed by atoms with Crippen LogP contribution in [-0.2, 0) is 10.0 Å². The fourth-order valence-corrected chi connectivity index (χ4v) is 3.01. The predicted molar refractivity (Wildman–Crippen MR) is 66.9 cm³/mol. The van der Waals surface area contributed by atoms with E-state index < -0.39 is 10.0 Å². The van der Waals surface area contributed by atoms with Gasteiger partial charge in [0.25, 0.3) is 0 Å². The van der Waals surface area contributed by atoms with E-state index in [1.807, 2.05) is 0 Å². The summed E-state index contributed by atoms with van der Waals surface area (Å²) in [6.45, 7) is 4.90. The molecule has 1 saturated carbocycles. The monoisotopic (exact) mass is 248 g/mol. The maximum absolute atomic E-state index is 11.4. The highest BCUT2D eigenvalue weighted by atomic mass is 32.2. The Morgan fingerprint density at radius 3 is 2.12 bits per heavy atom. The average Bonchev–Trinajstić information content (AvgIpc) is 2.28. The van der Waals surface area contributed by atoms with Crippen molar-refractivity contribution in [3.8, 4) is 0 Å². The van der Waals surface area contributed by atoms with E-state index >= 15 is 0 Å². The summed E-state index contributed by atoms with van der Waals surface area (Å²) in [6.07, 6.45) is 5.23. The van der Waals surface area contributed by atoms with Gasteiger partial charge in [0, 0.05) is 12.1 Å². The van der Waals surface area contributed by atoms with Crippen LogP contribution in [0.1, 0.15) is 46.0 Å². The summed E-state index contributed by atoms with van der Waals surface area (Å²) in [6, 6.07) is 0.743. The standard InChI is InChI=1S/C11H24N2O2S/c1-3-9-12-10-5-7-11(8-6-10)13-16(14,15)4-2/h10-13H,3-9H2,1-2H3. The van der Waals surface area contributed by atoms with Crippen molar-refractivity contribution in [2.45, 2.75) is 58.0 Å². The first-order valence-electron chi connectivity index (χ1n) is 6.30. The van der Waals surface area contributed by atoms with Gasteiger partial charge in [-0.1, -0.05) is 6.92 Å². The molecular weight excluding hydrogens is 224 g/mol. The maximum atomic E-state index is 11.4. The van der Waals surface area contributed by atoms with Gasteiger partial charge >= 0.3 is 0 Å². The molecule has 0 unspecified atom stereocenters. The molecule has 0 heterocycles. The minimum Gasteiger partial charge on any atom is -0.314 e. The van der Waals surface area contributed by atoms with Crippen molar-refractivity contribution in [3.05, 3.63) is 0 Å². The second-order valence-corrected chi connectivity index (χ2v) is 6.57. The maximum Gasteiger partial charge on any atom is 0.211 e. The molecule has 0 saturated heterocycles. The third-order valence-corrected chi connectivity index (χ3v) is 4.59. The number of hydrogen-bond donors (Lipinski definition) is 2. The van der Waals surface area contributed by atoms with E-state index in [0.717, 1.165) is 38.6 Å². The van der Waals surface area contributed by atoms with Crippen molar-refractivity contribution < 1.29 is 8.42 Å². The molecule has 4 nitrogen and oxygen atoms in total. The van der Waals surface area contributed by atoms with Crippen molar-refractivity contribution in [2.75, 3.05) is 12.3 Å². The lowest BCUT2D eigenvalue weighted by Crippen LogP contribution is -2.42. The molecule has 2 N–H and O–H groups in total. The zero-order valence-corrected chi connectivity index (χ0v) is 11.1. The molecule has 0 amide bonds. The highest BCUT2D eigenvalue weighted by molar-refractivity contribution is 7.89. The molecule has 0 aromatic rings. The zero-order chi connectivity index (χ0) is 12.0. The Labute approximate surface area is 99.2 Å². The van der Waals surface area contributed by atoms with Gasteiger partial charge in [-0.3, -0.25) is 0 Å². The Bertz CT molecular complexity index is 282. The quantitative estimate of drug-likeness (QED) is 0.743. The molecule has 1 aliphatic carbocycles. The van der Waals surface area contributed by atoms with Crippen molar-refractivity contribution in [1.29, 1.82) is 0 Å². The average molecular weight is 248 g/mol. The van der Waals surface area contributed by atoms with Crippen LogP contribution in [0, 0.1) is 0 Å². The fraction of sp³-hybridized carbons (Fsp3) is 1.00. The lowest BCUT2D eigenvalue weighted by molar-refractivity contribution is 0.330. The smallest absolute Gasteiger partial charge is 0.211 e. The van der Waals surface area contributed by atoms with E-state index in [1.165, 1.54) is 0 Å². The lowest BCUT2D eigenvalue weighted by atomic mass is 9.92. The molecule has 0 bridgehead atoms. The minimum atomic E-state index is -3.02. The molecule has 1 fully saturated rings. The molecule has 96 valence electrons. The molecule has 0 atom stereocenters. The van der Waals surface area contributed by atoms with Crippen LogP contribution in [0.15, 0.2) is 0 Å². The third-order valence-electron chi connectivity index (χ3n) is 3.14. The van der Waals surface area contributed by atoms with E-state index in [2.05, 4.69) is 17.0 Å². The molecule has 0 aromatic heterocycles. The van der Waals surface area contributed by atoms with Crippen LogP contribution in [-0.4, -0.2) is 32.8 Å². The Morgan fingerprint density at radius 2 is 1.62 bits per heavy atom. The third kappa shape index (κ3) is 4.80. The Balaban J connectivity index is 2.27. The molecule has 5 heteroatoms. The van der Waals surface area contributed by atoms with Crippen molar-refractivity contribution >= 4 is 10.0 Å². The predicted octanol–water partition coefficient (Wildman–Crippen LogP) is 1.24. The summed E-state index contributed by atoms with van der Waals surface area (Å²) in [5.74, 6) is 0.182. The first-order chi connectivity index (χ1) is 7.57. The van der Waals surface area contributed by atoms with Crippen LogP contribution in [0.2, 0.25) is 0 Å². The van der Waals surface area contributed by atoms with Crippen LogP contribution < -0.4 is 10.0 Å². The number of hydrogen-bond acceptors (Lipinski definition) is 3. The number of sulfonamides is 1. The second kappa shape index (κ2) is 6.57. The highest BCUT2D eigenvalue weighted by Crippen LogP contribution is 2.19. The van der Waals surface area contributed by atoms with Crippen molar-refractivity contribution in [1.82, 2.24) is 10.0 Å². The number of nitrogens with one attached hydrogen (secondary N) is 2. The van der Waals surface area contributed by atoms with Crippen LogP contribution in [0.3, 0.4) is 0 Å². The Kier molecular flexibility index (Phi) is 5.72. The summed E-state index contributed by atoms with van der Waals surface area (Å²) >= 11 is 0. The van der Waals surface area contributed by atoms with Crippen molar-refractivity contribution in [3.63, 3.8) is 0 Å². The SMILES string of the molecule is CCCNC1CCC(NS(=O)(=O)CC)CC1. The Morgan fingerprint density at radius 1 is 1.06 bits per heavy atom. The van der Waals surface area contributed by atoms with Gasteiger partial charge in [-0.25, -0.2) is 13.1 Å². The van der Waals surface area contributed by atoms with Crippen molar-refractivity contribution in [2.24, 2.45) is 0 Å². The molecule has 0 radical (unpaired) electrons. The van der Waals surface area contributed by atoms with Crippen LogP contribution in [0.25, 0.3) is 0 Å². The van der Waals surface area contributed by atoms with E-state index in [4.69, 9.17) is 0 Å². The van der Waals surface area contributed by atoms with Gasteiger partial charge in [0.1, 0.15) is 0 Å². The zero-order valence-electron chi connectivity index (χ0n) is 10.3. The first kappa shape index (κ1) is 13.9. The Hall–Kier alpha value is -0.130. The van der Waals surface area contributed by atoms with E-state index in [-0.39, 0.29) is 11.8 Å². The van der Waals surface area contributed by atoms with E-state index in [9.17, 15) is 8.42 Å². The summed E-state index contributed by atoms with van der Waals surface area (Å²) in [5, 5.41) is 3.49. The van der Waals surface area contributed by atoms with Crippen LogP contribution in [0.4, 0.5) is 0 Å². The number of rotatable bonds is 6. The summed E-state index contributed by atoms with van der Waals surface area (Å²) in [5.41, 5.74) is 0. The fourth-order valence-electron chi connectivity index (χ4n) is 2.10. The van der Waals surface area contributed by atoms with E-state index in [1.54, 1.807) is 6.92 Å². The largest absolute Gasteiger partial charge is 0.314 e. The van der Waals surface area contributed by atoms with Crippen LogP contribution >= 0.6 is 0 Å². The first-order valence-corrected chi connectivity index (χ1v) is 7.96. The van der Waals surface area contributed by atoms with Gasteiger partial charge in [-0.15, -0.1) is 0 Å². The molecule has 0 aromatic carbocycles. The van der Waals surface area contributed by atoms with Gasteiger partial charge in [0.15, 0.2) is 0 Å². The molecule has 1 rings (SSSR count). The molecular formula is C11H24N2O2S. The summed E-state index contributed by atoms with van der Waals surface area (Å²) in [4.78, 5) is 0. The van der Waals surface area contributed by atoms with Gasteiger partial charge in [0.2, 0.25) is 10.0 Å². The summed E-state index contributed by atoms with van der Waals surface area (Å²) in [7, 11) is -3.02. The van der Waals surface area contributed by atoms with Gasteiger partial charge in [-0.05, 0) is 45.6 Å². The molecule has 16 heavy (non-hydrogen) atoms. The van der Waals surface area contributed by atoms with Crippen LogP contribution in [0.5, 0.6) is 0 Å². The van der Waals surface area contributed by atoms with Gasteiger partial charge in [0.05, 0.1) is 5.75 Å². The second-order valence-electron chi connectivity index (χ2n) is 4.52. The molecule has 0 aliphatic heterocycles. The normalized spacial score (nSPS) is 26.9. The highest BCUT2D eigenvalue weighted by Gasteiger charge is 2.23. The summed E-state index contributed by atoms with van der Waals surface area (Å²) < 4.78 is 25.6. The van der Waals surface area contributed by atoms with E-state index in [0.29, 0.717) is 6.04 Å². The molecule has 1 aliphatic rings. The molecule has 0 spiro atoms. The van der Waals surface area contributed by atoms with Gasteiger partial charge < -0.3 is 5.32 Å². The topological polar surface area (TPSA) is 58.2 Å². The lowest BCUT2D eigenvalue weighted by Gasteiger charge is -2.29. The van der Waals surface area contributed by atoms with Gasteiger partial charge in [-0.2, -0.15) is 0 Å².